The van der Waals surface area contributed by atoms with Gasteiger partial charge in [-0.15, -0.1) is 0 Å². The molecule has 106 valence electrons. The van der Waals surface area contributed by atoms with Crippen LogP contribution in [0.3, 0.4) is 0 Å². The molecule has 3 nitrogen and oxygen atoms in total. The van der Waals surface area contributed by atoms with Crippen LogP contribution < -0.4 is 5.73 Å². The van der Waals surface area contributed by atoms with Gasteiger partial charge in [-0.1, -0.05) is 60.7 Å². The fourth-order valence-corrected chi connectivity index (χ4v) is 2.84. The van der Waals surface area contributed by atoms with E-state index in [9.17, 15) is 0 Å². The van der Waals surface area contributed by atoms with E-state index in [0.717, 1.165) is 9.26 Å². The second-order valence-electron chi connectivity index (χ2n) is 4.95. The second kappa shape index (κ2) is 5.89. The fraction of sp³-hybridized carbons (Fsp3) is 0.118. The Labute approximate surface area is 137 Å². The van der Waals surface area contributed by atoms with Crippen LogP contribution in [0.2, 0.25) is 0 Å². The van der Waals surface area contributed by atoms with Gasteiger partial charge in [-0.25, -0.2) is 4.68 Å². The highest BCUT2D eigenvalue weighted by atomic mass is 127. The molecule has 3 rings (SSSR count). The third-order valence-corrected chi connectivity index (χ3v) is 4.86. The van der Waals surface area contributed by atoms with Gasteiger partial charge in [0.25, 0.3) is 0 Å². The normalized spacial score (nSPS) is 11.0. The van der Waals surface area contributed by atoms with Crippen molar-refractivity contribution in [1.29, 1.82) is 0 Å². The van der Waals surface area contributed by atoms with Crippen molar-refractivity contribution in [1.82, 2.24) is 9.78 Å². The molecule has 0 amide bonds. The van der Waals surface area contributed by atoms with E-state index in [1.54, 1.807) is 0 Å². The van der Waals surface area contributed by atoms with Crippen LogP contribution in [0.15, 0.2) is 60.7 Å². The number of rotatable bonds is 3. The Balaban J connectivity index is 2.20. The Morgan fingerprint density at radius 2 is 1.43 bits per heavy atom. The van der Waals surface area contributed by atoms with Crippen molar-refractivity contribution in [2.75, 3.05) is 5.73 Å². The molecule has 4 heteroatoms. The topological polar surface area (TPSA) is 43.8 Å². The number of aryl methyl sites for hydroxylation is 1. The van der Waals surface area contributed by atoms with E-state index < -0.39 is 0 Å². The highest BCUT2D eigenvalue weighted by Gasteiger charge is 2.21. The standard InChI is InChI=1S/C17H16IN3/c1-12-15(18)17(19)21(20-12)16(13-8-4-2-5-9-13)14-10-6-3-7-11-14/h2-11,16H,19H2,1H3. The molecule has 2 N–H and O–H groups in total. The van der Waals surface area contributed by atoms with Crippen LogP contribution in [0.1, 0.15) is 22.9 Å². The molecule has 0 saturated carbocycles. The Hall–Kier alpha value is -1.82. The molecular weight excluding hydrogens is 373 g/mol. The number of hydrogen-bond donors (Lipinski definition) is 1. The number of nitrogen functional groups attached to an aromatic ring is 1. The summed E-state index contributed by atoms with van der Waals surface area (Å²) in [7, 11) is 0. The maximum absolute atomic E-state index is 6.27. The second-order valence-corrected chi connectivity index (χ2v) is 6.03. The predicted octanol–water partition coefficient (Wildman–Crippen LogP) is 4.02. The Morgan fingerprint density at radius 1 is 0.952 bits per heavy atom. The van der Waals surface area contributed by atoms with E-state index in [0.29, 0.717) is 5.82 Å². The van der Waals surface area contributed by atoms with Crippen molar-refractivity contribution in [3.05, 3.63) is 81.1 Å². The number of halogens is 1. The van der Waals surface area contributed by atoms with Gasteiger partial charge in [0.2, 0.25) is 0 Å². The number of anilines is 1. The lowest BCUT2D eigenvalue weighted by Gasteiger charge is -2.20. The SMILES string of the molecule is Cc1nn(C(c2ccccc2)c2ccccc2)c(N)c1I. The van der Waals surface area contributed by atoms with Gasteiger partial charge in [-0.3, -0.25) is 0 Å². The number of aromatic nitrogens is 2. The summed E-state index contributed by atoms with van der Waals surface area (Å²) in [4.78, 5) is 0. The minimum Gasteiger partial charge on any atom is -0.383 e. The van der Waals surface area contributed by atoms with Crippen LogP contribution >= 0.6 is 22.6 Å². The van der Waals surface area contributed by atoms with Crippen molar-refractivity contribution in [2.24, 2.45) is 0 Å². The van der Waals surface area contributed by atoms with Gasteiger partial charge in [0, 0.05) is 0 Å². The smallest absolute Gasteiger partial charge is 0.136 e. The maximum atomic E-state index is 6.27. The van der Waals surface area contributed by atoms with Crippen LogP contribution in [0.4, 0.5) is 5.82 Å². The lowest BCUT2D eigenvalue weighted by atomic mass is 9.99. The fourth-order valence-electron chi connectivity index (χ4n) is 2.49. The minimum absolute atomic E-state index is 0.00499. The van der Waals surface area contributed by atoms with E-state index in [4.69, 9.17) is 5.73 Å². The summed E-state index contributed by atoms with van der Waals surface area (Å²) >= 11 is 2.25. The molecule has 0 fully saturated rings. The van der Waals surface area contributed by atoms with Crippen molar-refractivity contribution in [3.63, 3.8) is 0 Å². The monoisotopic (exact) mass is 389 g/mol. The molecule has 0 spiro atoms. The lowest BCUT2D eigenvalue weighted by molar-refractivity contribution is 0.599. The average Bonchev–Trinajstić information content (AvgIpc) is 2.78. The summed E-state index contributed by atoms with van der Waals surface area (Å²) in [6.07, 6.45) is 0. The van der Waals surface area contributed by atoms with E-state index in [1.807, 2.05) is 48.0 Å². The van der Waals surface area contributed by atoms with Gasteiger partial charge >= 0.3 is 0 Å². The van der Waals surface area contributed by atoms with Crippen LogP contribution in [0.5, 0.6) is 0 Å². The summed E-state index contributed by atoms with van der Waals surface area (Å²) in [6.45, 7) is 1.99. The van der Waals surface area contributed by atoms with Gasteiger partial charge in [0.05, 0.1) is 9.26 Å². The van der Waals surface area contributed by atoms with Crippen molar-refractivity contribution < 1.29 is 0 Å². The first-order valence-corrected chi connectivity index (χ1v) is 7.86. The van der Waals surface area contributed by atoms with E-state index in [1.165, 1.54) is 11.1 Å². The van der Waals surface area contributed by atoms with Crippen LogP contribution in [0.25, 0.3) is 0 Å². The minimum atomic E-state index is -0.00499. The summed E-state index contributed by atoms with van der Waals surface area (Å²) in [5.41, 5.74) is 9.59. The van der Waals surface area contributed by atoms with Crippen LogP contribution in [-0.4, -0.2) is 9.78 Å². The van der Waals surface area contributed by atoms with E-state index >= 15 is 0 Å². The molecule has 0 bridgehead atoms. The number of hydrogen-bond acceptors (Lipinski definition) is 2. The predicted molar refractivity (Wildman–Crippen MR) is 94.2 cm³/mol. The van der Waals surface area contributed by atoms with Crippen molar-refractivity contribution in [3.8, 4) is 0 Å². The highest BCUT2D eigenvalue weighted by Crippen LogP contribution is 2.31. The van der Waals surface area contributed by atoms with Crippen LogP contribution in [-0.2, 0) is 0 Å². The molecule has 1 aromatic heterocycles. The van der Waals surface area contributed by atoms with Gasteiger partial charge in [0.1, 0.15) is 11.9 Å². The lowest BCUT2D eigenvalue weighted by Crippen LogP contribution is -2.16. The summed E-state index contributed by atoms with van der Waals surface area (Å²) in [5.74, 6) is 0.714. The van der Waals surface area contributed by atoms with Gasteiger partial charge in [-0.05, 0) is 40.6 Å². The number of nitrogens with zero attached hydrogens (tertiary/aromatic N) is 2. The molecule has 0 atom stereocenters. The van der Waals surface area contributed by atoms with E-state index in [2.05, 4.69) is 52.0 Å². The van der Waals surface area contributed by atoms with Gasteiger partial charge < -0.3 is 5.73 Å². The molecule has 3 aromatic rings. The molecular formula is C17H16IN3. The summed E-state index contributed by atoms with van der Waals surface area (Å²) < 4.78 is 2.94. The molecule has 0 radical (unpaired) electrons. The summed E-state index contributed by atoms with van der Waals surface area (Å²) in [6, 6.07) is 20.7. The zero-order chi connectivity index (χ0) is 14.8. The largest absolute Gasteiger partial charge is 0.383 e. The zero-order valence-corrected chi connectivity index (χ0v) is 13.9. The zero-order valence-electron chi connectivity index (χ0n) is 11.7. The maximum Gasteiger partial charge on any atom is 0.136 e. The molecule has 1 heterocycles. The third kappa shape index (κ3) is 2.68. The molecule has 0 aliphatic carbocycles. The first-order chi connectivity index (χ1) is 10.2. The first-order valence-electron chi connectivity index (χ1n) is 6.78. The number of nitrogens with two attached hydrogens (primary N) is 1. The average molecular weight is 389 g/mol. The van der Waals surface area contributed by atoms with Crippen molar-refractivity contribution in [2.45, 2.75) is 13.0 Å². The number of benzene rings is 2. The first kappa shape index (κ1) is 14.1. The summed E-state index contributed by atoms with van der Waals surface area (Å²) in [5, 5.41) is 4.65. The highest BCUT2D eigenvalue weighted by molar-refractivity contribution is 14.1. The quantitative estimate of drug-likeness (QED) is 0.688. The van der Waals surface area contributed by atoms with Gasteiger partial charge in [-0.2, -0.15) is 5.10 Å². The van der Waals surface area contributed by atoms with Crippen molar-refractivity contribution >= 4 is 28.4 Å². The Bertz CT molecular complexity index is 696. The molecule has 2 aromatic carbocycles. The van der Waals surface area contributed by atoms with E-state index in [-0.39, 0.29) is 6.04 Å². The molecule has 0 aliphatic rings. The molecule has 0 unspecified atom stereocenters. The Morgan fingerprint density at radius 3 is 1.81 bits per heavy atom. The Kier molecular flexibility index (Phi) is 3.96. The molecule has 0 aliphatic heterocycles. The third-order valence-electron chi connectivity index (χ3n) is 3.52. The van der Waals surface area contributed by atoms with Gasteiger partial charge in [0.15, 0.2) is 0 Å². The van der Waals surface area contributed by atoms with Crippen LogP contribution in [0, 0.1) is 10.5 Å². The molecule has 21 heavy (non-hydrogen) atoms. The molecule has 0 saturated heterocycles.